The zero-order chi connectivity index (χ0) is 36.8. The molecule has 5 nitrogen and oxygen atoms in total. The number of hydrogen-bond acceptors (Lipinski definition) is 4. The smallest absolute Gasteiger partial charge is 0.335 e. The third-order valence-electron chi connectivity index (χ3n) is 11.3. The van der Waals surface area contributed by atoms with Crippen LogP contribution in [0.4, 0.5) is 0 Å². The van der Waals surface area contributed by atoms with Gasteiger partial charge in [-0.3, -0.25) is 9.88 Å². The van der Waals surface area contributed by atoms with Gasteiger partial charge in [0.2, 0.25) is 0 Å². The summed E-state index contributed by atoms with van der Waals surface area (Å²) in [6.45, 7) is 9.54. The molecule has 0 radical (unpaired) electrons. The number of aromatic nitrogens is 1. The normalized spacial score (nSPS) is 19.6. The third kappa shape index (κ3) is 9.83. The van der Waals surface area contributed by atoms with Gasteiger partial charge in [0.25, 0.3) is 0 Å². The first-order chi connectivity index (χ1) is 26.1. The summed E-state index contributed by atoms with van der Waals surface area (Å²) in [5.74, 6) is 1.60. The number of unbranched alkanes of at least 4 members (excludes halogenated alkanes) is 7. The summed E-state index contributed by atoms with van der Waals surface area (Å²) in [4.78, 5) is 17.7. The second kappa shape index (κ2) is 19.4. The standard InChI is InChI=1S/C41H50N2O.C7H6O2/c1-3-5-6-7-8-9-10-16-27-44-34-21-22-35(32-17-12-11-13-18-32)38(29-34)41(37-23-25-42-39-20-15-14-19-36(37)39)40-28-33-24-26-43(40)30-31(33)4-2;8-7(9)6-4-2-1-3-5-6/h4,11-15,17-23,25,29,31,33,40-41H,2-3,5-10,16,24,26-28,30H2,1H3;1-5H,(H,8,9)/t31-,33-,40-,41?;/m0./s1. The van der Waals surface area contributed by atoms with Gasteiger partial charge in [0.15, 0.2) is 0 Å². The average molecular weight is 709 g/mol. The monoisotopic (exact) mass is 708 g/mol. The molecule has 1 N–H and O–H groups in total. The predicted molar refractivity (Wildman–Crippen MR) is 219 cm³/mol. The van der Waals surface area contributed by atoms with Crippen LogP contribution in [-0.2, 0) is 0 Å². The molecular formula is C48H56N2O3. The molecule has 276 valence electrons. The summed E-state index contributed by atoms with van der Waals surface area (Å²) in [6, 6.07) is 37.5. The number of fused-ring (bicyclic) bond motifs is 4. The fourth-order valence-electron chi connectivity index (χ4n) is 8.47. The summed E-state index contributed by atoms with van der Waals surface area (Å²) in [5, 5.41) is 9.64. The van der Waals surface area contributed by atoms with E-state index >= 15 is 0 Å². The zero-order valence-electron chi connectivity index (χ0n) is 31.4. The molecule has 5 atom stereocenters. The number of rotatable bonds is 16. The van der Waals surface area contributed by atoms with Crippen molar-refractivity contribution in [2.75, 3.05) is 19.7 Å². The second-order valence-electron chi connectivity index (χ2n) is 14.8. The molecule has 0 saturated carbocycles. The van der Waals surface area contributed by atoms with Crippen molar-refractivity contribution in [3.63, 3.8) is 0 Å². The van der Waals surface area contributed by atoms with Crippen LogP contribution in [0.15, 0.2) is 128 Å². The topological polar surface area (TPSA) is 62.7 Å². The van der Waals surface area contributed by atoms with Crippen molar-refractivity contribution in [2.24, 2.45) is 11.8 Å². The Labute approximate surface area is 316 Å². The van der Waals surface area contributed by atoms with Crippen LogP contribution >= 0.6 is 0 Å². The molecule has 4 heterocycles. The van der Waals surface area contributed by atoms with Gasteiger partial charge in [-0.25, -0.2) is 4.79 Å². The first-order valence-electron chi connectivity index (χ1n) is 19.9. The quantitative estimate of drug-likeness (QED) is 0.0816. The van der Waals surface area contributed by atoms with Crippen molar-refractivity contribution in [3.05, 3.63) is 145 Å². The molecule has 53 heavy (non-hydrogen) atoms. The molecule has 5 heteroatoms. The first-order valence-corrected chi connectivity index (χ1v) is 19.9. The average Bonchev–Trinajstić information content (AvgIpc) is 3.21. The summed E-state index contributed by atoms with van der Waals surface area (Å²) in [7, 11) is 0. The maximum Gasteiger partial charge on any atom is 0.335 e. The lowest BCUT2D eigenvalue weighted by molar-refractivity contribution is 0.0122. The lowest BCUT2D eigenvalue weighted by Crippen LogP contribution is -2.55. The van der Waals surface area contributed by atoms with Crippen molar-refractivity contribution in [2.45, 2.75) is 83.1 Å². The van der Waals surface area contributed by atoms with E-state index < -0.39 is 5.97 Å². The third-order valence-corrected chi connectivity index (χ3v) is 11.3. The van der Waals surface area contributed by atoms with Crippen molar-refractivity contribution in [1.82, 2.24) is 9.88 Å². The molecule has 2 bridgehead atoms. The van der Waals surface area contributed by atoms with E-state index in [2.05, 4.69) is 103 Å². The number of nitrogens with zero attached hydrogens (tertiary/aromatic N) is 2. The fraction of sp³-hybridized carbons (Fsp3) is 0.375. The summed E-state index contributed by atoms with van der Waals surface area (Å²) >= 11 is 0. The zero-order valence-corrected chi connectivity index (χ0v) is 31.4. The number of carbonyl (C=O) groups is 1. The Morgan fingerprint density at radius 3 is 2.25 bits per heavy atom. The van der Waals surface area contributed by atoms with Crippen LogP contribution < -0.4 is 4.74 Å². The second-order valence-corrected chi connectivity index (χ2v) is 14.8. The van der Waals surface area contributed by atoms with E-state index in [0.717, 1.165) is 37.4 Å². The lowest BCUT2D eigenvalue weighted by atomic mass is 9.69. The summed E-state index contributed by atoms with van der Waals surface area (Å²) < 4.78 is 6.50. The van der Waals surface area contributed by atoms with Crippen molar-refractivity contribution in [3.8, 4) is 16.9 Å². The number of hydrogen-bond donors (Lipinski definition) is 1. The molecule has 3 saturated heterocycles. The Hall–Kier alpha value is -4.74. The molecule has 5 aromatic rings. The molecule has 2 unspecified atom stereocenters. The van der Waals surface area contributed by atoms with Crippen molar-refractivity contribution >= 4 is 16.9 Å². The minimum atomic E-state index is -0.879. The Bertz CT molecular complexity index is 1890. The minimum absolute atomic E-state index is 0.207. The van der Waals surface area contributed by atoms with E-state index in [4.69, 9.17) is 14.8 Å². The predicted octanol–water partition coefficient (Wildman–Crippen LogP) is 11.8. The van der Waals surface area contributed by atoms with Gasteiger partial charge in [-0.2, -0.15) is 0 Å². The molecule has 1 aromatic heterocycles. The molecular weight excluding hydrogens is 653 g/mol. The van der Waals surface area contributed by atoms with Gasteiger partial charge in [0.05, 0.1) is 17.7 Å². The number of pyridine rings is 1. The number of piperidine rings is 3. The maximum atomic E-state index is 10.2. The van der Waals surface area contributed by atoms with Gasteiger partial charge in [0, 0.05) is 30.1 Å². The number of para-hydroxylation sites is 1. The van der Waals surface area contributed by atoms with Gasteiger partial charge in [-0.05, 0) is 96.3 Å². The minimum Gasteiger partial charge on any atom is -0.494 e. The number of carboxylic acid groups (broad SMARTS) is 1. The van der Waals surface area contributed by atoms with Crippen LogP contribution in [0.1, 0.15) is 98.5 Å². The molecule has 0 amide bonds. The van der Waals surface area contributed by atoms with Gasteiger partial charge >= 0.3 is 5.97 Å². The lowest BCUT2D eigenvalue weighted by Gasteiger charge is -2.52. The van der Waals surface area contributed by atoms with Gasteiger partial charge in [-0.1, -0.05) is 131 Å². The molecule has 8 rings (SSSR count). The number of ether oxygens (including phenoxy) is 1. The SMILES string of the molecule is C=C[C@H]1CN2CC[C@H]1C[C@H]2C(c1cc(OCCCCCCCCCC)ccc1-c1ccccc1)c1ccnc2ccccc12.O=C(O)c1ccccc1. The van der Waals surface area contributed by atoms with Crippen LogP contribution in [0.5, 0.6) is 5.75 Å². The summed E-state index contributed by atoms with van der Waals surface area (Å²) in [5.41, 5.74) is 6.71. The van der Waals surface area contributed by atoms with Crippen molar-refractivity contribution in [1.29, 1.82) is 0 Å². The van der Waals surface area contributed by atoms with E-state index in [1.54, 1.807) is 30.3 Å². The van der Waals surface area contributed by atoms with Gasteiger partial charge in [-0.15, -0.1) is 6.58 Å². The Morgan fingerprint density at radius 2 is 1.57 bits per heavy atom. The Morgan fingerprint density at radius 1 is 0.868 bits per heavy atom. The van der Waals surface area contributed by atoms with E-state index in [1.165, 1.54) is 85.4 Å². The maximum absolute atomic E-state index is 10.2. The highest BCUT2D eigenvalue weighted by atomic mass is 16.5. The molecule has 0 aliphatic carbocycles. The van der Waals surface area contributed by atoms with E-state index in [0.29, 0.717) is 23.4 Å². The number of carboxylic acids is 1. The molecule has 3 fully saturated rings. The highest BCUT2D eigenvalue weighted by Crippen LogP contribution is 2.48. The van der Waals surface area contributed by atoms with Gasteiger partial charge < -0.3 is 9.84 Å². The number of aromatic carboxylic acids is 1. The van der Waals surface area contributed by atoms with Gasteiger partial charge in [0.1, 0.15) is 5.75 Å². The molecule has 0 spiro atoms. The number of benzene rings is 4. The first kappa shape index (κ1) is 38.0. The van der Waals surface area contributed by atoms with Crippen molar-refractivity contribution < 1.29 is 14.6 Å². The highest BCUT2D eigenvalue weighted by Gasteiger charge is 2.43. The van der Waals surface area contributed by atoms with Crippen LogP contribution in [0.25, 0.3) is 22.0 Å². The van der Waals surface area contributed by atoms with Crippen LogP contribution in [0, 0.1) is 11.8 Å². The summed E-state index contributed by atoms with van der Waals surface area (Å²) in [6.07, 6.45) is 17.1. The molecule has 3 aliphatic heterocycles. The highest BCUT2D eigenvalue weighted by molar-refractivity contribution is 5.87. The van der Waals surface area contributed by atoms with E-state index in [9.17, 15) is 4.79 Å². The van der Waals surface area contributed by atoms with Crippen LogP contribution in [0.2, 0.25) is 0 Å². The Balaban J connectivity index is 0.000000468. The van der Waals surface area contributed by atoms with Crippen LogP contribution in [0.3, 0.4) is 0 Å². The molecule has 4 aromatic carbocycles. The Kier molecular flexibility index (Phi) is 13.9. The fourth-order valence-corrected chi connectivity index (χ4v) is 8.47. The van der Waals surface area contributed by atoms with E-state index in [1.807, 2.05) is 6.20 Å². The van der Waals surface area contributed by atoms with E-state index in [-0.39, 0.29) is 5.92 Å². The largest absolute Gasteiger partial charge is 0.494 e. The molecule has 3 aliphatic rings. The van der Waals surface area contributed by atoms with Crippen LogP contribution in [-0.4, -0.2) is 46.7 Å².